The Balaban J connectivity index is 1.38. The number of anilines is 2. The number of rotatable bonds is 9. The summed E-state index contributed by atoms with van der Waals surface area (Å²) in [5, 5.41) is 4.09. The number of carbonyl (C=O) groups is 2. The summed E-state index contributed by atoms with van der Waals surface area (Å²) < 4.78 is 35.4. The highest BCUT2D eigenvalue weighted by molar-refractivity contribution is 6.05. The molecule has 2 fully saturated rings. The minimum atomic E-state index is -0.702. The number of nitrogens with one attached hydrogen (secondary N) is 1. The largest absolute Gasteiger partial charge is 0.486 e. The summed E-state index contributed by atoms with van der Waals surface area (Å²) in [5.41, 5.74) is 7.94. The van der Waals surface area contributed by atoms with Gasteiger partial charge in [-0.1, -0.05) is 12.6 Å². The van der Waals surface area contributed by atoms with E-state index in [9.17, 15) is 18.4 Å². The molecular weight excluding hydrogens is 508 g/mol. The quantitative estimate of drug-likeness (QED) is 0.384. The molecule has 1 aromatic heterocycles. The van der Waals surface area contributed by atoms with Crippen molar-refractivity contribution in [1.29, 1.82) is 0 Å². The van der Waals surface area contributed by atoms with Crippen LogP contribution in [0.2, 0.25) is 0 Å². The number of carbonyl (C=O) groups excluding carboxylic acids is 2. The molecule has 2 heterocycles. The van der Waals surface area contributed by atoms with E-state index in [0.717, 1.165) is 30.5 Å². The standard InChI is InChI=1S/C28H27F2N5O4/c1-3-24(36)39-35-9-8-19(35)13-38-26-25(32-14-33-27(26)31)21-11-18(29)12-23(15(21)2)34-28(37)20-7-6-17(10-22(20)30)16-4-5-16/h3,6-7,10-12,14,16,19H,1,4-5,8-9,13H2,2H3,(H,34,37)(H2,31,32,33)/t19-/m1/s1. The molecule has 2 aliphatic rings. The third kappa shape index (κ3) is 5.58. The Morgan fingerprint density at radius 3 is 2.67 bits per heavy atom. The van der Waals surface area contributed by atoms with Crippen LogP contribution in [-0.2, 0) is 9.63 Å². The summed E-state index contributed by atoms with van der Waals surface area (Å²) in [7, 11) is 0. The number of nitrogen functional groups attached to an aromatic ring is 1. The predicted octanol–water partition coefficient (Wildman–Crippen LogP) is 4.54. The van der Waals surface area contributed by atoms with Gasteiger partial charge in [0.15, 0.2) is 11.6 Å². The third-order valence-corrected chi connectivity index (χ3v) is 6.88. The average molecular weight is 536 g/mol. The number of benzene rings is 2. The Hall–Kier alpha value is -4.38. The van der Waals surface area contributed by atoms with Gasteiger partial charge < -0.3 is 20.6 Å². The normalized spacial score (nSPS) is 16.7. The summed E-state index contributed by atoms with van der Waals surface area (Å²) in [5.74, 6) is -2.07. The van der Waals surface area contributed by atoms with Crippen molar-refractivity contribution in [1.82, 2.24) is 15.0 Å². The fraction of sp³-hybridized carbons (Fsp3) is 0.286. The predicted molar refractivity (Wildman–Crippen MR) is 140 cm³/mol. The lowest BCUT2D eigenvalue weighted by Gasteiger charge is -2.37. The molecule has 2 aromatic carbocycles. The van der Waals surface area contributed by atoms with Crippen molar-refractivity contribution < 1.29 is 27.9 Å². The Labute approximate surface area is 223 Å². The molecular formula is C28H27F2N5O4. The van der Waals surface area contributed by atoms with Gasteiger partial charge in [0.1, 0.15) is 30.3 Å². The number of nitrogens with zero attached hydrogens (tertiary/aromatic N) is 3. The number of halogens is 2. The van der Waals surface area contributed by atoms with E-state index in [0.29, 0.717) is 30.0 Å². The number of hydroxylamine groups is 2. The van der Waals surface area contributed by atoms with Gasteiger partial charge in [-0.2, -0.15) is 0 Å². The first-order valence-corrected chi connectivity index (χ1v) is 12.5. The minimum Gasteiger partial charge on any atom is -0.486 e. The van der Waals surface area contributed by atoms with E-state index in [1.807, 2.05) is 0 Å². The number of amides is 1. The van der Waals surface area contributed by atoms with Crippen LogP contribution < -0.4 is 15.8 Å². The average Bonchev–Trinajstić information content (AvgIpc) is 3.75. The highest BCUT2D eigenvalue weighted by atomic mass is 19.1. The number of ether oxygens (including phenoxy) is 1. The molecule has 3 N–H and O–H groups in total. The lowest BCUT2D eigenvalue weighted by molar-refractivity contribution is -0.226. The van der Waals surface area contributed by atoms with Crippen LogP contribution in [0.3, 0.4) is 0 Å². The Kier molecular flexibility index (Phi) is 7.25. The minimum absolute atomic E-state index is 0.0287. The second-order valence-electron chi connectivity index (χ2n) is 9.54. The molecule has 0 radical (unpaired) electrons. The van der Waals surface area contributed by atoms with Crippen LogP contribution in [0.15, 0.2) is 49.3 Å². The van der Waals surface area contributed by atoms with Crippen LogP contribution in [0.25, 0.3) is 11.3 Å². The van der Waals surface area contributed by atoms with E-state index in [4.69, 9.17) is 15.3 Å². The fourth-order valence-electron chi connectivity index (χ4n) is 4.39. The molecule has 202 valence electrons. The molecule has 0 unspecified atom stereocenters. The molecule has 5 rings (SSSR count). The first-order valence-electron chi connectivity index (χ1n) is 12.5. The van der Waals surface area contributed by atoms with Gasteiger partial charge in [-0.3, -0.25) is 4.79 Å². The van der Waals surface area contributed by atoms with Crippen LogP contribution in [-0.4, -0.2) is 46.1 Å². The molecule has 1 saturated carbocycles. The molecule has 0 spiro atoms. The molecule has 3 aromatic rings. The summed E-state index contributed by atoms with van der Waals surface area (Å²) in [6.45, 7) is 5.69. The summed E-state index contributed by atoms with van der Waals surface area (Å²) in [6, 6.07) is 6.73. The maximum Gasteiger partial charge on any atom is 0.349 e. The van der Waals surface area contributed by atoms with E-state index < -0.39 is 23.5 Å². The molecule has 1 aliphatic heterocycles. The first kappa shape index (κ1) is 26.2. The Morgan fingerprint density at radius 1 is 1.21 bits per heavy atom. The van der Waals surface area contributed by atoms with Crippen molar-refractivity contribution in [2.75, 3.05) is 24.2 Å². The van der Waals surface area contributed by atoms with Crippen LogP contribution in [0.5, 0.6) is 5.75 Å². The lowest BCUT2D eigenvalue weighted by atomic mass is 10.0. The molecule has 9 nitrogen and oxygen atoms in total. The smallest absolute Gasteiger partial charge is 0.349 e. The van der Waals surface area contributed by atoms with Gasteiger partial charge in [0.2, 0.25) is 0 Å². The van der Waals surface area contributed by atoms with Gasteiger partial charge in [-0.25, -0.2) is 23.5 Å². The molecule has 1 saturated heterocycles. The van der Waals surface area contributed by atoms with Crippen LogP contribution in [0, 0.1) is 18.6 Å². The first-order chi connectivity index (χ1) is 18.7. The number of hydrogen-bond donors (Lipinski definition) is 2. The lowest BCUT2D eigenvalue weighted by Crippen LogP contribution is -2.51. The van der Waals surface area contributed by atoms with E-state index >= 15 is 0 Å². The summed E-state index contributed by atoms with van der Waals surface area (Å²) in [6.07, 6.45) is 5.02. The zero-order valence-electron chi connectivity index (χ0n) is 21.2. The van der Waals surface area contributed by atoms with Crippen molar-refractivity contribution >= 4 is 23.4 Å². The van der Waals surface area contributed by atoms with E-state index in [2.05, 4.69) is 21.9 Å². The fourth-order valence-corrected chi connectivity index (χ4v) is 4.39. The van der Waals surface area contributed by atoms with Crippen molar-refractivity contribution in [3.05, 3.63) is 77.6 Å². The second kappa shape index (κ2) is 10.8. The molecule has 1 amide bonds. The van der Waals surface area contributed by atoms with Gasteiger partial charge in [-0.15, -0.1) is 5.06 Å². The maximum absolute atomic E-state index is 14.8. The monoisotopic (exact) mass is 535 g/mol. The molecule has 0 bridgehead atoms. The summed E-state index contributed by atoms with van der Waals surface area (Å²) >= 11 is 0. The third-order valence-electron chi connectivity index (χ3n) is 6.88. The van der Waals surface area contributed by atoms with Crippen molar-refractivity contribution in [3.8, 4) is 17.0 Å². The van der Waals surface area contributed by atoms with Crippen LogP contribution in [0.4, 0.5) is 20.3 Å². The summed E-state index contributed by atoms with van der Waals surface area (Å²) in [4.78, 5) is 37.8. The van der Waals surface area contributed by atoms with Gasteiger partial charge in [0.25, 0.3) is 5.91 Å². The van der Waals surface area contributed by atoms with Gasteiger partial charge >= 0.3 is 5.97 Å². The van der Waals surface area contributed by atoms with Crippen molar-refractivity contribution in [3.63, 3.8) is 0 Å². The highest BCUT2D eigenvalue weighted by Gasteiger charge is 2.32. The van der Waals surface area contributed by atoms with Crippen molar-refractivity contribution in [2.45, 2.75) is 38.1 Å². The molecule has 1 atom stereocenters. The van der Waals surface area contributed by atoms with E-state index in [1.54, 1.807) is 13.0 Å². The Morgan fingerprint density at radius 2 is 2.00 bits per heavy atom. The molecule has 11 heteroatoms. The van der Waals surface area contributed by atoms with Gasteiger partial charge in [0, 0.05) is 23.9 Å². The second-order valence-corrected chi connectivity index (χ2v) is 9.54. The highest BCUT2D eigenvalue weighted by Crippen LogP contribution is 2.41. The SMILES string of the molecule is C=CC(=O)ON1CC[C@@H]1COc1c(N)ncnc1-c1cc(F)cc(NC(=O)c2ccc(C3CC3)cc2F)c1C. The van der Waals surface area contributed by atoms with Crippen LogP contribution >= 0.6 is 0 Å². The maximum atomic E-state index is 14.8. The zero-order valence-corrected chi connectivity index (χ0v) is 21.2. The molecule has 1 aliphatic carbocycles. The molecule has 39 heavy (non-hydrogen) atoms. The van der Waals surface area contributed by atoms with Crippen molar-refractivity contribution in [2.24, 2.45) is 0 Å². The topological polar surface area (TPSA) is 120 Å². The van der Waals surface area contributed by atoms with E-state index in [1.165, 1.54) is 29.6 Å². The zero-order chi connectivity index (χ0) is 27.7. The number of hydrogen-bond acceptors (Lipinski definition) is 8. The van der Waals surface area contributed by atoms with Crippen LogP contribution in [0.1, 0.15) is 46.7 Å². The van der Waals surface area contributed by atoms with Gasteiger partial charge in [0.05, 0.1) is 11.6 Å². The number of nitrogens with two attached hydrogens (primary N) is 1. The van der Waals surface area contributed by atoms with E-state index in [-0.39, 0.29) is 41.2 Å². The number of aromatic nitrogens is 2. The Bertz CT molecular complexity index is 1460. The van der Waals surface area contributed by atoms with Gasteiger partial charge in [-0.05, 0) is 67.5 Å².